The number of nitrogens with one attached hydrogen (secondary N) is 2. The molecule has 1 atom stereocenters. The van der Waals surface area contributed by atoms with Crippen molar-refractivity contribution in [1.29, 1.82) is 0 Å². The second kappa shape index (κ2) is 8.43. The summed E-state index contributed by atoms with van der Waals surface area (Å²) in [5.74, 6) is 1.17. The van der Waals surface area contributed by atoms with Gasteiger partial charge in [-0.05, 0) is 43.5 Å². The molecule has 1 aromatic heterocycles. The third-order valence-electron chi connectivity index (χ3n) is 5.18. The Balaban J connectivity index is 1.58. The van der Waals surface area contributed by atoms with Crippen molar-refractivity contribution < 1.29 is 23.8 Å². The van der Waals surface area contributed by atoms with Gasteiger partial charge >= 0.3 is 6.09 Å². The first kappa shape index (κ1) is 20.3. The van der Waals surface area contributed by atoms with E-state index in [9.17, 15) is 9.59 Å². The summed E-state index contributed by atoms with van der Waals surface area (Å²) < 4.78 is 16.1. The smallest absolute Gasteiger partial charge is 0.410 e. The Morgan fingerprint density at radius 2 is 2.07 bits per heavy atom. The predicted molar refractivity (Wildman–Crippen MR) is 113 cm³/mol. The highest BCUT2D eigenvalue weighted by Crippen LogP contribution is 2.41. The average molecular weight is 432 g/mol. The van der Waals surface area contributed by atoms with Gasteiger partial charge in [0.05, 0.1) is 32.4 Å². The molecular formula is C21H25N3O5S. The van der Waals surface area contributed by atoms with Gasteiger partial charge in [-0.15, -0.1) is 11.3 Å². The summed E-state index contributed by atoms with van der Waals surface area (Å²) in [6.07, 6.45) is -0.0569. The zero-order valence-electron chi connectivity index (χ0n) is 17.2. The molecular weight excluding hydrogens is 406 g/mol. The first-order chi connectivity index (χ1) is 14.5. The summed E-state index contributed by atoms with van der Waals surface area (Å²) in [7, 11) is 1.59. The molecule has 3 heterocycles. The maximum absolute atomic E-state index is 12.9. The first-order valence-corrected chi connectivity index (χ1v) is 10.8. The number of hydrogen-bond acceptors (Lipinski definition) is 7. The number of carbonyl (C=O) groups is 2. The van der Waals surface area contributed by atoms with E-state index in [2.05, 4.69) is 10.6 Å². The highest BCUT2D eigenvalue weighted by atomic mass is 32.1. The lowest BCUT2D eigenvalue weighted by Gasteiger charge is -2.28. The number of benzene rings is 1. The van der Waals surface area contributed by atoms with Gasteiger partial charge in [0.1, 0.15) is 11.2 Å². The molecule has 0 bridgehead atoms. The minimum absolute atomic E-state index is 0.108. The van der Waals surface area contributed by atoms with Crippen LogP contribution >= 0.6 is 11.3 Å². The lowest BCUT2D eigenvalue weighted by molar-refractivity contribution is 0.0934. The number of hydrogen-bond donors (Lipinski definition) is 2. The Morgan fingerprint density at radius 3 is 2.80 bits per heavy atom. The quantitative estimate of drug-likeness (QED) is 0.753. The third kappa shape index (κ3) is 3.65. The molecule has 0 radical (unpaired) electrons. The van der Waals surface area contributed by atoms with Gasteiger partial charge in [0, 0.05) is 11.4 Å². The molecule has 1 aromatic carbocycles. The molecule has 2 N–H and O–H groups in total. The van der Waals surface area contributed by atoms with E-state index in [1.54, 1.807) is 18.9 Å². The Labute approximate surface area is 179 Å². The van der Waals surface area contributed by atoms with Gasteiger partial charge in [-0.3, -0.25) is 4.79 Å². The number of amides is 2. The van der Waals surface area contributed by atoms with Crippen molar-refractivity contribution in [2.45, 2.75) is 33.0 Å². The van der Waals surface area contributed by atoms with Gasteiger partial charge in [0.25, 0.3) is 5.91 Å². The molecule has 0 saturated heterocycles. The number of thiophene rings is 1. The van der Waals surface area contributed by atoms with Crippen LogP contribution in [0.1, 0.15) is 46.4 Å². The van der Waals surface area contributed by atoms with Crippen LogP contribution in [0.4, 0.5) is 9.80 Å². The average Bonchev–Trinajstić information content (AvgIpc) is 3.12. The standard InChI is InChI=1S/C21H25N3O5S/c1-4-28-14-7-6-12(10-15(14)27-3)18-22-19(25)17-13-8-9-24(21(26)29-5-2)11-16(13)30-20(17)23-18/h6-7,10,18,23H,4-5,8-9,11H2,1-3H3,(H,22,25)/t18-/m0/s1. The molecule has 30 heavy (non-hydrogen) atoms. The minimum atomic E-state index is -0.379. The van der Waals surface area contributed by atoms with Crippen LogP contribution in [0, 0.1) is 0 Å². The molecule has 2 aromatic rings. The molecule has 4 rings (SSSR count). The van der Waals surface area contributed by atoms with E-state index in [4.69, 9.17) is 14.2 Å². The van der Waals surface area contributed by atoms with Crippen molar-refractivity contribution in [2.24, 2.45) is 0 Å². The molecule has 0 spiro atoms. The van der Waals surface area contributed by atoms with Crippen LogP contribution in [0.3, 0.4) is 0 Å². The van der Waals surface area contributed by atoms with E-state index in [0.29, 0.717) is 49.8 Å². The normalized spacial score (nSPS) is 17.4. The van der Waals surface area contributed by atoms with Crippen LogP contribution in [0.15, 0.2) is 18.2 Å². The Kier molecular flexibility index (Phi) is 5.72. The fraction of sp³-hybridized carbons (Fsp3) is 0.429. The zero-order chi connectivity index (χ0) is 21.3. The molecule has 0 fully saturated rings. The van der Waals surface area contributed by atoms with E-state index in [0.717, 1.165) is 21.0 Å². The number of anilines is 1. The number of rotatable bonds is 5. The van der Waals surface area contributed by atoms with Gasteiger partial charge in [-0.25, -0.2) is 4.79 Å². The minimum Gasteiger partial charge on any atom is -0.493 e. The van der Waals surface area contributed by atoms with Crippen molar-refractivity contribution in [2.75, 3.05) is 32.2 Å². The number of nitrogens with zero attached hydrogens (tertiary/aromatic N) is 1. The summed E-state index contributed by atoms with van der Waals surface area (Å²) >= 11 is 1.52. The van der Waals surface area contributed by atoms with Crippen molar-refractivity contribution in [3.63, 3.8) is 0 Å². The summed E-state index contributed by atoms with van der Waals surface area (Å²) in [4.78, 5) is 27.7. The summed E-state index contributed by atoms with van der Waals surface area (Å²) in [6.45, 7) is 5.60. The number of ether oxygens (including phenoxy) is 3. The van der Waals surface area contributed by atoms with Crippen LogP contribution in [0.5, 0.6) is 11.5 Å². The van der Waals surface area contributed by atoms with Crippen LogP contribution in [-0.2, 0) is 17.7 Å². The summed E-state index contributed by atoms with van der Waals surface area (Å²) in [5, 5.41) is 7.29. The van der Waals surface area contributed by atoms with Gasteiger partial charge in [0.2, 0.25) is 0 Å². The molecule has 160 valence electrons. The fourth-order valence-electron chi connectivity index (χ4n) is 3.79. The maximum Gasteiger partial charge on any atom is 0.410 e. The Hall–Kier alpha value is -2.94. The SMILES string of the molecule is CCOC(=O)N1CCc2c(sc3c2C(=O)N[C@H](c2ccc(OCC)c(OC)c2)N3)C1. The van der Waals surface area contributed by atoms with E-state index >= 15 is 0 Å². The van der Waals surface area contributed by atoms with Gasteiger partial charge in [-0.2, -0.15) is 0 Å². The van der Waals surface area contributed by atoms with Crippen LogP contribution in [0.2, 0.25) is 0 Å². The zero-order valence-corrected chi connectivity index (χ0v) is 18.1. The number of carbonyl (C=O) groups excluding carboxylic acids is 2. The highest BCUT2D eigenvalue weighted by molar-refractivity contribution is 7.16. The first-order valence-electron chi connectivity index (χ1n) is 10.00. The predicted octanol–water partition coefficient (Wildman–Crippen LogP) is 3.52. The molecule has 0 aliphatic carbocycles. The van der Waals surface area contributed by atoms with Crippen molar-refractivity contribution in [3.05, 3.63) is 39.8 Å². The monoisotopic (exact) mass is 431 g/mol. The third-order valence-corrected chi connectivity index (χ3v) is 6.33. The number of methoxy groups -OCH3 is 1. The summed E-state index contributed by atoms with van der Waals surface area (Å²) in [6, 6.07) is 5.62. The lowest BCUT2D eigenvalue weighted by Crippen LogP contribution is -2.39. The molecule has 0 saturated carbocycles. The molecule has 2 aliphatic rings. The molecule has 2 amide bonds. The second-order valence-corrected chi connectivity index (χ2v) is 8.08. The van der Waals surface area contributed by atoms with Crippen LogP contribution in [-0.4, -0.2) is 43.8 Å². The maximum atomic E-state index is 12.9. The van der Waals surface area contributed by atoms with Crippen molar-refractivity contribution >= 4 is 28.3 Å². The van der Waals surface area contributed by atoms with Gasteiger partial charge in [-0.1, -0.05) is 6.07 Å². The second-order valence-electron chi connectivity index (χ2n) is 6.97. The number of fused-ring (bicyclic) bond motifs is 3. The van der Waals surface area contributed by atoms with E-state index < -0.39 is 0 Å². The van der Waals surface area contributed by atoms with Crippen LogP contribution in [0.25, 0.3) is 0 Å². The summed E-state index contributed by atoms with van der Waals surface area (Å²) in [5.41, 5.74) is 2.57. The molecule has 0 unspecified atom stereocenters. The largest absolute Gasteiger partial charge is 0.493 e. The van der Waals surface area contributed by atoms with Crippen molar-refractivity contribution in [3.8, 4) is 11.5 Å². The highest BCUT2D eigenvalue weighted by Gasteiger charge is 2.34. The lowest BCUT2D eigenvalue weighted by atomic mass is 10.0. The van der Waals surface area contributed by atoms with Gasteiger partial charge in [0.15, 0.2) is 11.5 Å². The fourth-order valence-corrected chi connectivity index (χ4v) is 5.08. The van der Waals surface area contributed by atoms with Gasteiger partial charge < -0.3 is 29.7 Å². The van der Waals surface area contributed by atoms with Crippen LogP contribution < -0.4 is 20.1 Å². The van der Waals surface area contributed by atoms with E-state index in [1.165, 1.54) is 11.3 Å². The van der Waals surface area contributed by atoms with E-state index in [1.807, 2.05) is 25.1 Å². The molecule has 8 nitrogen and oxygen atoms in total. The molecule has 2 aliphatic heterocycles. The van der Waals surface area contributed by atoms with Crippen molar-refractivity contribution in [1.82, 2.24) is 10.2 Å². The van der Waals surface area contributed by atoms with E-state index in [-0.39, 0.29) is 18.2 Å². The Morgan fingerprint density at radius 1 is 1.23 bits per heavy atom. The topological polar surface area (TPSA) is 89.1 Å². The molecule has 9 heteroatoms. The Bertz CT molecular complexity index is 974.